The van der Waals surface area contributed by atoms with Gasteiger partial charge in [0.2, 0.25) is 0 Å². The Balaban J connectivity index is 1.52. The van der Waals surface area contributed by atoms with E-state index in [4.69, 9.17) is 10.4 Å². The standard InChI is InChI=1S/C19H19BN4O4/c1-10(25)14-4-2-3-11-8-16(20(27)28-17(11)14)24-18(26)12-5-6-13-9-22-19(21)23-15(13)7-12/h2-7,16,27H,8-9H2,1H3,(H,24,26)(H3,21,22,23)/t16-/m0/s1. The fraction of sp³-hybridized carbons (Fsp3) is 0.211. The molecule has 0 spiro atoms. The van der Waals surface area contributed by atoms with Gasteiger partial charge in [0.05, 0.1) is 18.0 Å². The highest BCUT2D eigenvalue weighted by Crippen LogP contribution is 2.30. The first-order valence-corrected chi connectivity index (χ1v) is 8.90. The minimum absolute atomic E-state index is 0.143. The summed E-state index contributed by atoms with van der Waals surface area (Å²) in [4.78, 5) is 28.5. The number of nitrogens with two attached hydrogens (primary N) is 1. The van der Waals surface area contributed by atoms with Gasteiger partial charge in [0, 0.05) is 11.3 Å². The highest BCUT2D eigenvalue weighted by molar-refractivity contribution is 6.47. The lowest BCUT2D eigenvalue weighted by atomic mass is 9.72. The molecule has 2 aliphatic rings. The number of hydrogen-bond donors (Lipinski definition) is 4. The van der Waals surface area contributed by atoms with Gasteiger partial charge in [0.1, 0.15) is 5.75 Å². The minimum atomic E-state index is -1.25. The number of hydrogen-bond acceptors (Lipinski definition) is 7. The van der Waals surface area contributed by atoms with Crippen LogP contribution in [-0.2, 0) is 13.0 Å². The second kappa shape index (κ2) is 7.01. The third-order valence-electron chi connectivity index (χ3n) is 4.87. The molecule has 0 saturated carbocycles. The predicted octanol–water partition coefficient (Wildman–Crippen LogP) is 0.883. The Labute approximate surface area is 161 Å². The normalized spacial score (nSPS) is 17.4. The van der Waals surface area contributed by atoms with Crippen molar-refractivity contribution in [3.63, 3.8) is 0 Å². The van der Waals surface area contributed by atoms with Gasteiger partial charge in [-0.3, -0.25) is 9.59 Å². The van der Waals surface area contributed by atoms with Gasteiger partial charge >= 0.3 is 7.12 Å². The molecule has 0 fully saturated rings. The van der Waals surface area contributed by atoms with E-state index in [9.17, 15) is 14.6 Å². The van der Waals surface area contributed by atoms with Crippen molar-refractivity contribution in [1.82, 2.24) is 5.32 Å². The summed E-state index contributed by atoms with van der Waals surface area (Å²) >= 11 is 0. The smallest absolute Gasteiger partial charge is 0.534 e. The number of nitrogens with zero attached hydrogens (tertiary/aromatic N) is 1. The topological polar surface area (TPSA) is 126 Å². The molecule has 2 aromatic rings. The maximum atomic E-state index is 12.7. The molecule has 2 aromatic carbocycles. The Morgan fingerprint density at radius 2 is 2.14 bits per heavy atom. The van der Waals surface area contributed by atoms with Crippen LogP contribution in [0.5, 0.6) is 5.75 Å². The molecule has 0 aromatic heterocycles. The Morgan fingerprint density at radius 1 is 1.32 bits per heavy atom. The largest absolute Gasteiger partial charge is 0.547 e. The van der Waals surface area contributed by atoms with Crippen LogP contribution < -0.4 is 21.0 Å². The Kier molecular flexibility index (Phi) is 4.52. The van der Waals surface area contributed by atoms with E-state index >= 15 is 0 Å². The third-order valence-corrected chi connectivity index (χ3v) is 4.87. The lowest BCUT2D eigenvalue weighted by Gasteiger charge is -2.29. The van der Waals surface area contributed by atoms with E-state index in [1.54, 1.807) is 24.3 Å². The second-order valence-electron chi connectivity index (χ2n) is 6.84. The lowest BCUT2D eigenvalue weighted by molar-refractivity contribution is 0.0938. The van der Waals surface area contributed by atoms with Gasteiger partial charge in [0.25, 0.3) is 5.91 Å². The van der Waals surface area contributed by atoms with Crippen LogP contribution in [0.4, 0.5) is 5.69 Å². The molecule has 1 amide bonds. The van der Waals surface area contributed by atoms with Crippen molar-refractivity contribution in [1.29, 1.82) is 0 Å². The maximum Gasteiger partial charge on any atom is 0.547 e. The molecule has 5 N–H and O–H groups in total. The zero-order valence-corrected chi connectivity index (χ0v) is 15.2. The number of benzene rings is 2. The van der Waals surface area contributed by atoms with Gasteiger partial charge in [0.15, 0.2) is 11.7 Å². The van der Waals surface area contributed by atoms with Crippen molar-refractivity contribution in [3.05, 3.63) is 58.7 Å². The summed E-state index contributed by atoms with van der Waals surface area (Å²) in [6.07, 6.45) is 0.353. The van der Waals surface area contributed by atoms with E-state index in [1.165, 1.54) is 6.92 Å². The van der Waals surface area contributed by atoms with E-state index in [2.05, 4.69) is 15.6 Å². The predicted molar refractivity (Wildman–Crippen MR) is 105 cm³/mol. The summed E-state index contributed by atoms with van der Waals surface area (Å²) in [7, 11) is -1.25. The highest BCUT2D eigenvalue weighted by atomic mass is 16.5. The fourth-order valence-electron chi connectivity index (χ4n) is 3.40. The van der Waals surface area contributed by atoms with Crippen LogP contribution in [-0.4, -0.2) is 35.7 Å². The molecule has 8 nitrogen and oxygen atoms in total. The lowest BCUT2D eigenvalue weighted by Crippen LogP contribution is -2.53. The van der Waals surface area contributed by atoms with Crippen molar-refractivity contribution in [2.45, 2.75) is 25.8 Å². The Bertz CT molecular complexity index is 1010. The zero-order valence-electron chi connectivity index (χ0n) is 15.2. The molecule has 0 saturated heterocycles. The highest BCUT2D eigenvalue weighted by Gasteiger charge is 2.37. The number of ketones is 1. The van der Waals surface area contributed by atoms with Crippen LogP contribution in [0.3, 0.4) is 0 Å². The zero-order chi connectivity index (χ0) is 19.8. The monoisotopic (exact) mass is 378 g/mol. The van der Waals surface area contributed by atoms with Crippen LogP contribution >= 0.6 is 0 Å². The molecule has 28 heavy (non-hydrogen) atoms. The fourth-order valence-corrected chi connectivity index (χ4v) is 3.40. The number of para-hydroxylation sites is 1. The summed E-state index contributed by atoms with van der Waals surface area (Å²) in [6, 6.07) is 10.4. The SMILES string of the molecule is CC(=O)c1cccc2c1OB(O)[C@@H](NC(=O)c1ccc3c(c1)NC(N)=NC3)C2. The van der Waals surface area contributed by atoms with Crippen molar-refractivity contribution < 1.29 is 19.3 Å². The van der Waals surface area contributed by atoms with E-state index in [1.807, 2.05) is 12.1 Å². The van der Waals surface area contributed by atoms with Gasteiger partial charge in [-0.2, -0.15) is 0 Å². The first kappa shape index (κ1) is 18.1. The van der Waals surface area contributed by atoms with Crippen LogP contribution in [0.1, 0.15) is 38.8 Å². The maximum absolute atomic E-state index is 12.7. The second-order valence-corrected chi connectivity index (χ2v) is 6.84. The average molecular weight is 378 g/mol. The van der Waals surface area contributed by atoms with Gasteiger partial charge in [-0.25, -0.2) is 4.99 Å². The molecular formula is C19H19BN4O4. The van der Waals surface area contributed by atoms with Crippen molar-refractivity contribution in [3.8, 4) is 5.75 Å². The van der Waals surface area contributed by atoms with Crippen molar-refractivity contribution >= 4 is 30.5 Å². The number of carbonyl (C=O) groups excluding carboxylic acids is 2. The minimum Gasteiger partial charge on any atom is -0.534 e. The molecule has 4 rings (SSSR count). The molecule has 1 atom stereocenters. The van der Waals surface area contributed by atoms with Crippen LogP contribution in [0.2, 0.25) is 0 Å². The van der Waals surface area contributed by atoms with Crippen LogP contribution in [0.15, 0.2) is 41.4 Å². The molecule has 142 valence electrons. The van der Waals surface area contributed by atoms with Crippen molar-refractivity contribution in [2.24, 2.45) is 10.7 Å². The number of carbonyl (C=O) groups is 2. The van der Waals surface area contributed by atoms with E-state index in [0.29, 0.717) is 35.8 Å². The third kappa shape index (κ3) is 3.32. The van der Waals surface area contributed by atoms with Crippen LogP contribution in [0, 0.1) is 0 Å². The molecule has 0 aliphatic carbocycles. The van der Waals surface area contributed by atoms with Crippen molar-refractivity contribution in [2.75, 3.05) is 5.32 Å². The number of amides is 1. The van der Waals surface area contributed by atoms with Gasteiger partial charge in [-0.1, -0.05) is 18.2 Å². The van der Waals surface area contributed by atoms with Gasteiger partial charge < -0.3 is 26.0 Å². The number of aliphatic imine (C=N–C) groups is 1. The number of fused-ring (bicyclic) bond motifs is 2. The molecule has 0 radical (unpaired) electrons. The Hall–Kier alpha value is -3.33. The number of nitrogens with one attached hydrogen (secondary N) is 2. The summed E-state index contributed by atoms with van der Waals surface area (Å²) in [5, 5.41) is 16.1. The molecule has 2 aliphatic heterocycles. The number of guanidine groups is 1. The quantitative estimate of drug-likeness (QED) is 0.464. The number of rotatable bonds is 3. The van der Waals surface area contributed by atoms with E-state index < -0.39 is 13.1 Å². The molecule has 0 unspecified atom stereocenters. The van der Waals surface area contributed by atoms with Gasteiger partial charge in [-0.15, -0.1) is 0 Å². The summed E-state index contributed by atoms with van der Waals surface area (Å²) in [5.74, 6) is -0.446. The van der Waals surface area contributed by atoms with Gasteiger partial charge in [-0.05, 0) is 42.7 Å². The van der Waals surface area contributed by atoms with Crippen LogP contribution in [0.25, 0.3) is 0 Å². The van der Waals surface area contributed by atoms with E-state index in [0.717, 1.165) is 16.8 Å². The molecular weight excluding hydrogens is 359 g/mol. The average Bonchev–Trinajstić information content (AvgIpc) is 2.67. The summed E-state index contributed by atoms with van der Waals surface area (Å²) in [6.45, 7) is 1.90. The summed E-state index contributed by atoms with van der Waals surface area (Å²) < 4.78 is 5.55. The molecule has 9 heteroatoms. The molecule has 2 heterocycles. The summed E-state index contributed by atoms with van der Waals surface area (Å²) in [5.41, 5.74) is 8.97. The number of Topliss-reactive ketones (excluding diaryl/α,β-unsaturated/α-hetero) is 1. The van der Waals surface area contributed by atoms with E-state index in [-0.39, 0.29) is 11.7 Å². The first-order valence-electron chi connectivity index (χ1n) is 8.90. The first-order chi connectivity index (χ1) is 13.4. The Morgan fingerprint density at radius 3 is 2.93 bits per heavy atom. The molecule has 0 bridgehead atoms. The number of anilines is 1.